The Bertz CT molecular complexity index is 1310. The van der Waals surface area contributed by atoms with Crippen LogP contribution >= 0.6 is 7.82 Å². The van der Waals surface area contributed by atoms with Gasteiger partial charge in [0.15, 0.2) is 0 Å². The van der Waals surface area contributed by atoms with Crippen LogP contribution in [0.2, 0.25) is 0 Å². The van der Waals surface area contributed by atoms with Gasteiger partial charge in [-0.25, -0.2) is 4.57 Å². The summed E-state index contributed by atoms with van der Waals surface area (Å²) < 4.78 is 34.0. The third kappa shape index (κ3) is 28.9. The van der Waals surface area contributed by atoms with Crippen molar-refractivity contribution in [2.24, 2.45) is 0 Å². The van der Waals surface area contributed by atoms with Gasteiger partial charge in [-0.1, -0.05) is 150 Å². The molecule has 1 aliphatic rings. The number of hydrogen-bond donors (Lipinski definition) is 6. The van der Waals surface area contributed by atoms with Crippen molar-refractivity contribution in [3.63, 3.8) is 0 Å². The van der Waals surface area contributed by atoms with Crippen molar-refractivity contribution in [3.05, 3.63) is 85.1 Å². The first kappa shape index (κ1) is 55.5. The number of carbonyl (C=O) groups is 1. The Morgan fingerprint density at radius 1 is 0.550 bits per heavy atom. The number of aliphatic hydroxyl groups is 5. The predicted octanol–water partition coefficient (Wildman–Crippen LogP) is 8.97. The van der Waals surface area contributed by atoms with Crippen LogP contribution in [0.4, 0.5) is 0 Å². The number of ether oxygens (including phenoxy) is 2. The molecule has 0 amide bonds. The van der Waals surface area contributed by atoms with Gasteiger partial charge < -0.3 is 39.9 Å². The van der Waals surface area contributed by atoms with Gasteiger partial charge in [-0.2, -0.15) is 0 Å². The zero-order valence-electron chi connectivity index (χ0n) is 36.5. The molecule has 0 aromatic rings. The van der Waals surface area contributed by atoms with Gasteiger partial charge in [0, 0.05) is 13.0 Å². The second-order valence-corrected chi connectivity index (χ2v) is 16.6. The summed E-state index contributed by atoms with van der Waals surface area (Å²) in [6.07, 6.45) is 36.8. The minimum absolute atomic E-state index is 0.111. The minimum atomic E-state index is -5.03. The van der Waals surface area contributed by atoms with Crippen molar-refractivity contribution in [2.75, 3.05) is 19.8 Å². The lowest BCUT2D eigenvalue weighted by Gasteiger charge is -2.41. The van der Waals surface area contributed by atoms with E-state index < -0.39 is 63.1 Å². The Labute approximate surface area is 361 Å². The molecule has 6 N–H and O–H groups in total. The van der Waals surface area contributed by atoms with E-state index in [-0.39, 0.29) is 13.0 Å². The molecule has 0 radical (unpaired) electrons. The zero-order chi connectivity index (χ0) is 44.1. The van der Waals surface area contributed by atoms with Crippen LogP contribution in [0.3, 0.4) is 0 Å². The van der Waals surface area contributed by atoms with Gasteiger partial charge >= 0.3 is 13.8 Å². The number of unbranched alkanes of at least 4 members (excludes halogenated alkanes) is 10. The van der Waals surface area contributed by atoms with Gasteiger partial charge in [-0.15, -0.1) is 0 Å². The topological polar surface area (TPSA) is 192 Å². The van der Waals surface area contributed by atoms with Crippen molar-refractivity contribution < 1.29 is 58.3 Å². The maximum Gasteiger partial charge on any atom is 0.472 e. The molecule has 0 aromatic heterocycles. The van der Waals surface area contributed by atoms with Crippen LogP contribution in [0.15, 0.2) is 85.1 Å². The van der Waals surface area contributed by atoms with Gasteiger partial charge in [0.25, 0.3) is 0 Å². The predicted molar refractivity (Wildman–Crippen MR) is 239 cm³/mol. The van der Waals surface area contributed by atoms with Gasteiger partial charge in [0.1, 0.15) is 42.7 Å². The van der Waals surface area contributed by atoms with E-state index >= 15 is 0 Å². The number of phosphoric ester groups is 1. The standard InChI is InChI=1S/C47H79O12P/c1-3-5-7-9-11-13-14-15-16-17-18-19-20-21-22-23-24-25-26-27-29-31-33-35-37-56-38-40(58-41(48)36-34-32-30-28-12-10-8-6-4-2)39-57-60(54,55)59-47-45(52)43(50)42(49)44(51)46(47)53/h5,7,11,13,15-16,18-19,21-22,24-25,27,29,40,42-47,49-53H,3-4,6,8-10,12,14,17,20,23,26,28,30-39H2,1-2H3,(H,54,55)/b7-5-,13-11-,16-15-,19-18-,22-21-,25-24-,29-27-. The fourth-order valence-electron chi connectivity index (χ4n) is 6.22. The Morgan fingerprint density at radius 2 is 0.983 bits per heavy atom. The summed E-state index contributed by atoms with van der Waals surface area (Å²) in [6, 6.07) is 0. The summed E-state index contributed by atoms with van der Waals surface area (Å²) in [5, 5.41) is 50.1. The normalized spacial score (nSPS) is 23.1. The highest BCUT2D eigenvalue weighted by molar-refractivity contribution is 7.47. The van der Waals surface area contributed by atoms with E-state index in [1.54, 1.807) is 0 Å². The van der Waals surface area contributed by atoms with Crippen LogP contribution in [0.1, 0.15) is 142 Å². The quantitative estimate of drug-likeness (QED) is 0.0152. The molecule has 0 bridgehead atoms. The molecule has 12 nitrogen and oxygen atoms in total. The molecule has 1 fully saturated rings. The van der Waals surface area contributed by atoms with Crippen LogP contribution in [0.25, 0.3) is 0 Å². The molecule has 1 saturated carbocycles. The fraction of sp³-hybridized carbons (Fsp3) is 0.681. The zero-order valence-corrected chi connectivity index (χ0v) is 37.4. The van der Waals surface area contributed by atoms with Crippen LogP contribution < -0.4 is 0 Å². The fourth-order valence-corrected chi connectivity index (χ4v) is 7.19. The van der Waals surface area contributed by atoms with E-state index in [0.29, 0.717) is 13.0 Å². The van der Waals surface area contributed by atoms with Gasteiger partial charge in [-0.05, 0) is 70.6 Å². The number of aliphatic hydroxyl groups excluding tert-OH is 5. The van der Waals surface area contributed by atoms with Crippen LogP contribution in [0, 0.1) is 0 Å². The number of rotatable bonds is 36. The molecule has 6 unspecified atom stereocenters. The first-order valence-corrected chi connectivity index (χ1v) is 23.9. The van der Waals surface area contributed by atoms with Crippen molar-refractivity contribution in [1.29, 1.82) is 0 Å². The highest BCUT2D eigenvalue weighted by Gasteiger charge is 2.51. The van der Waals surface area contributed by atoms with Crippen LogP contribution in [0.5, 0.6) is 0 Å². The summed E-state index contributed by atoms with van der Waals surface area (Å²) in [5.41, 5.74) is 0. The van der Waals surface area contributed by atoms with Crippen molar-refractivity contribution >= 4 is 13.8 Å². The number of carbonyl (C=O) groups excluding carboxylic acids is 1. The van der Waals surface area contributed by atoms with Crippen molar-refractivity contribution in [2.45, 2.75) is 185 Å². The van der Waals surface area contributed by atoms with E-state index in [1.165, 1.54) is 32.1 Å². The monoisotopic (exact) mass is 867 g/mol. The van der Waals surface area contributed by atoms with E-state index in [0.717, 1.165) is 83.5 Å². The average molecular weight is 867 g/mol. The lowest BCUT2D eigenvalue weighted by atomic mass is 9.85. The molecule has 0 spiro atoms. The Morgan fingerprint density at radius 3 is 1.47 bits per heavy atom. The highest BCUT2D eigenvalue weighted by atomic mass is 31.2. The molecule has 0 heterocycles. The molecule has 13 heteroatoms. The van der Waals surface area contributed by atoms with Crippen molar-refractivity contribution in [3.8, 4) is 0 Å². The van der Waals surface area contributed by atoms with E-state index in [4.69, 9.17) is 18.5 Å². The Kier molecular flexibility index (Phi) is 34.3. The Hall–Kier alpha value is -2.48. The van der Waals surface area contributed by atoms with Crippen molar-refractivity contribution in [1.82, 2.24) is 0 Å². The number of phosphoric acid groups is 1. The third-order valence-corrected chi connectivity index (χ3v) is 10.8. The van der Waals surface area contributed by atoms with E-state index in [9.17, 15) is 39.8 Å². The molecule has 344 valence electrons. The molecule has 0 aliphatic heterocycles. The van der Waals surface area contributed by atoms with Gasteiger partial charge in [-0.3, -0.25) is 13.8 Å². The summed E-state index contributed by atoms with van der Waals surface area (Å²) in [5.74, 6) is -0.501. The lowest BCUT2D eigenvalue weighted by molar-refractivity contribution is -0.220. The summed E-state index contributed by atoms with van der Waals surface area (Å²) in [4.78, 5) is 23.0. The Balaban J connectivity index is 2.39. The smallest absolute Gasteiger partial charge is 0.457 e. The molecule has 1 aliphatic carbocycles. The molecule has 0 aromatic carbocycles. The first-order chi connectivity index (χ1) is 29.0. The third-order valence-electron chi connectivity index (χ3n) is 9.78. The van der Waals surface area contributed by atoms with Gasteiger partial charge in [0.2, 0.25) is 0 Å². The number of esters is 1. The number of hydrogen-bond acceptors (Lipinski definition) is 11. The largest absolute Gasteiger partial charge is 0.472 e. The summed E-state index contributed by atoms with van der Waals surface area (Å²) >= 11 is 0. The maximum atomic E-state index is 12.8. The average Bonchev–Trinajstić information content (AvgIpc) is 3.23. The molecule has 1 rings (SSSR count). The molecule has 6 atom stereocenters. The summed E-state index contributed by atoms with van der Waals surface area (Å²) in [7, 11) is -5.03. The molecule has 60 heavy (non-hydrogen) atoms. The molecular weight excluding hydrogens is 787 g/mol. The van der Waals surface area contributed by atoms with Gasteiger partial charge in [0.05, 0.1) is 13.2 Å². The second kappa shape index (κ2) is 37.1. The van der Waals surface area contributed by atoms with E-state index in [1.807, 2.05) is 0 Å². The lowest BCUT2D eigenvalue weighted by Crippen LogP contribution is -2.64. The van der Waals surface area contributed by atoms with Crippen LogP contribution in [-0.2, 0) is 27.9 Å². The van der Waals surface area contributed by atoms with Crippen LogP contribution in [-0.4, -0.2) is 98.9 Å². The molecule has 0 saturated heterocycles. The number of allylic oxidation sites excluding steroid dienone is 14. The minimum Gasteiger partial charge on any atom is -0.457 e. The first-order valence-electron chi connectivity index (χ1n) is 22.4. The highest BCUT2D eigenvalue weighted by Crippen LogP contribution is 2.47. The van der Waals surface area contributed by atoms with E-state index in [2.05, 4.69) is 98.9 Å². The maximum absolute atomic E-state index is 12.8. The summed E-state index contributed by atoms with van der Waals surface area (Å²) in [6.45, 7) is 3.98. The SMILES string of the molecule is CC/C=C\C/C=C\C/C=C\C/C=C\C/C=C\C/C=C\C/C=C\CCCCOCC(COP(=O)(O)OC1C(O)C(O)C(O)C(O)C1O)OC(=O)CCCCCCCCCCC. The molecular formula is C47H79O12P. The second-order valence-electron chi connectivity index (χ2n) is 15.2.